The van der Waals surface area contributed by atoms with Crippen LogP contribution in [0.4, 0.5) is 5.69 Å². The largest absolute Gasteiger partial charge is 0.478 e. The van der Waals surface area contributed by atoms with Crippen molar-refractivity contribution < 1.29 is 19.1 Å². The van der Waals surface area contributed by atoms with Gasteiger partial charge < -0.3 is 14.8 Å². The van der Waals surface area contributed by atoms with Gasteiger partial charge in [0.05, 0.1) is 5.56 Å². The first-order valence-corrected chi connectivity index (χ1v) is 10.1. The molecule has 0 saturated heterocycles. The van der Waals surface area contributed by atoms with E-state index >= 15 is 0 Å². The molecule has 2 aromatic rings. The van der Waals surface area contributed by atoms with Gasteiger partial charge in [-0.15, -0.1) is 0 Å². The van der Waals surface area contributed by atoms with Crippen molar-refractivity contribution in [2.75, 3.05) is 5.32 Å². The first-order chi connectivity index (χ1) is 13.7. The lowest BCUT2D eigenvalue weighted by molar-refractivity contribution is 0.0696. The van der Waals surface area contributed by atoms with Gasteiger partial charge in [0, 0.05) is 17.7 Å². The van der Waals surface area contributed by atoms with E-state index < -0.39 is 11.9 Å². The molecule has 0 aliphatic heterocycles. The summed E-state index contributed by atoms with van der Waals surface area (Å²) in [5.41, 5.74) is 2.33. The third kappa shape index (κ3) is 4.75. The van der Waals surface area contributed by atoms with Crippen molar-refractivity contribution in [2.45, 2.75) is 66.7 Å². The minimum Gasteiger partial charge on any atom is -0.478 e. The van der Waals surface area contributed by atoms with Gasteiger partial charge in [0.1, 0.15) is 17.1 Å². The molecule has 0 fully saturated rings. The van der Waals surface area contributed by atoms with Crippen LogP contribution < -0.4 is 10.7 Å². The SMILES string of the molecule is CCCCc1oc(C)c(C)c(=O)c1C(=O)Nc1c(CC)cc(C(=O)O)cc1CC. The van der Waals surface area contributed by atoms with Crippen molar-refractivity contribution in [3.05, 3.63) is 61.7 Å². The van der Waals surface area contributed by atoms with Gasteiger partial charge >= 0.3 is 5.97 Å². The lowest BCUT2D eigenvalue weighted by Crippen LogP contribution is -2.27. The monoisotopic (exact) mass is 399 g/mol. The Morgan fingerprint density at radius 3 is 2.14 bits per heavy atom. The average molecular weight is 399 g/mol. The van der Waals surface area contributed by atoms with Gasteiger partial charge in [-0.2, -0.15) is 0 Å². The predicted octanol–water partition coefficient (Wildman–Crippen LogP) is 4.67. The second-order valence-electron chi connectivity index (χ2n) is 7.15. The smallest absolute Gasteiger partial charge is 0.335 e. The van der Waals surface area contributed by atoms with Crippen LogP contribution >= 0.6 is 0 Å². The summed E-state index contributed by atoms with van der Waals surface area (Å²) in [7, 11) is 0. The molecule has 29 heavy (non-hydrogen) atoms. The summed E-state index contributed by atoms with van der Waals surface area (Å²) in [6, 6.07) is 3.13. The van der Waals surface area contributed by atoms with Crippen molar-refractivity contribution >= 4 is 17.6 Å². The number of aromatic carboxylic acids is 1. The average Bonchev–Trinajstić information content (AvgIpc) is 2.69. The third-order valence-electron chi connectivity index (χ3n) is 5.18. The Morgan fingerprint density at radius 2 is 1.66 bits per heavy atom. The zero-order chi connectivity index (χ0) is 21.7. The van der Waals surface area contributed by atoms with E-state index in [-0.39, 0.29) is 16.6 Å². The van der Waals surface area contributed by atoms with Crippen LogP contribution in [0, 0.1) is 13.8 Å². The number of rotatable bonds is 8. The fourth-order valence-electron chi connectivity index (χ4n) is 3.31. The number of benzene rings is 1. The quantitative estimate of drug-likeness (QED) is 0.672. The number of aryl methyl sites for hydroxylation is 4. The maximum atomic E-state index is 13.2. The second kappa shape index (κ2) is 9.54. The van der Waals surface area contributed by atoms with Gasteiger partial charge in [-0.25, -0.2) is 4.79 Å². The maximum absolute atomic E-state index is 13.2. The summed E-state index contributed by atoms with van der Waals surface area (Å²) in [6.45, 7) is 9.20. The van der Waals surface area contributed by atoms with Crippen LogP contribution in [0.1, 0.15) is 82.5 Å². The van der Waals surface area contributed by atoms with Crippen molar-refractivity contribution in [2.24, 2.45) is 0 Å². The Hall–Kier alpha value is -2.89. The molecule has 0 atom stereocenters. The van der Waals surface area contributed by atoms with Crippen molar-refractivity contribution in [1.29, 1.82) is 0 Å². The van der Waals surface area contributed by atoms with Crippen LogP contribution in [-0.2, 0) is 19.3 Å². The van der Waals surface area contributed by atoms with E-state index in [0.29, 0.717) is 42.0 Å². The number of carbonyl (C=O) groups excluding carboxylic acids is 1. The molecule has 1 heterocycles. The summed E-state index contributed by atoms with van der Waals surface area (Å²) in [6.07, 6.45) is 3.32. The standard InChI is InChI=1S/C23H29NO5/c1-6-9-10-18-19(21(25)13(4)14(5)29-18)22(26)24-20-15(7-2)11-17(23(27)28)12-16(20)8-3/h11-12H,6-10H2,1-5H3,(H,24,26)(H,27,28). The molecule has 0 bridgehead atoms. The van der Waals surface area contributed by atoms with Crippen molar-refractivity contribution in [3.8, 4) is 0 Å². The number of nitrogens with one attached hydrogen (secondary N) is 1. The molecule has 6 heteroatoms. The Kier molecular flexibility index (Phi) is 7.37. The van der Waals surface area contributed by atoms with Crippen LogP contribution in [0.15, 0.2) is 21.3 Å². The van der Waals surface area contributed by atoms with Gasteiger partial charge in [0.25, 0.3) is 5.91 Å². The third-order valence-corrected chi connectivity index (χ3v) is 5.18. The van der Waals surface area contributed by atoms with E-state index in [1.54, 1.807) is 26.0 Å². The Balaban J connectivity index is 2.57. The number of unbranched alkanes of at least 4 members (excludes halogenated alkanes) is 1. The zero-order valence-electron chi connectivity index (χ0n) is 17.8. The highest BCUT2D eigenvalue weighted by Crippen LogP contribution is 2.26. The number of carboxylic acids is 1. The van der Waals surface area contributed by atoms with Crippen LogP contribution in [-0.4, -0.2) is 17.0 Å². The fourth-order valence-corrected chi connectivity index (χ4v) is 3.31. The molecule has 1 aromatic heterocycles. The number of carbonyl (C=O) groups is 2. The summed E-state index contributed by atoms with van der Waals surface area (Å²) in [5.74, 6) is -0.605. The molecule has 6 nitrogen and oxygen atoms in total. The van der Waals surface area contributed by atoms with Crippen molar-refractivity contribution in [1.82, 2.24) is 0 Å². The topological polar surface area (TPSA) is 96.6 Å². The van der Waals surface area contributed by atoms with Crippen LogP contribution in [0.2, 0.25) is 0 Å². The van der Waals surface area contributed by atoms with E-state index in [0.717, 1.165) is 24.0 Å². The lowest BCUT2D eigenvalue weighted by Gasteiger charge is -2.17. The molecule has 0 spiro atoms. The van der Waals surface area contributed by atoms with Gasteiger partial charge in [-0.1, -0.05) is 27.2 Å². The molecule has 0 aliphatic carbocycles. The van der Waals surface area contributed by atoms with E-state index in [4.69, 9.17) is 4.42 Å². The predicted molar refractivity (Wildman–Crippen MR) is 113 cm³/mol. The Labute approximate surface area is 171 Å². The highest BCUT2D eigenvalue weighted by Gasteiger charge is 2.23. The van der Waals surface area contributed by atoms with Crippen LogP contribution in [0.5, 0.6) is 0 Å². The molecule has 156 valence electrons. The van der Waals surface area contributed by atoms with E-state index in [1.807, 2.05) is 20.8 Å². The number of anilines is 1. The molecular formula is C23H29NO5. The van der Waals surface area contributed by atoms with Gasteiger partial charge in [0.2, 0.25) is 5.43 Å². The van der Waals surface area contributed by atoms with Crippen LogP contribution in [0.3, 0.4) is 0 Å². The van der Waals surface area contributed by atoms with Crippen molar-refractivity contribution in [3.63, 3.8) is 0 Å². The molecule has 1 aromatic carbocycles. The molecule has 1 amide bonds. The zero-order valence-corrected chi connectivity index (χ0v) is 17.8. The first kappa shape index (κ1) is 22.4. The minimum atomic E-state index is -1.01. The lowest BCUT2D eigenvalue weighted by atomic mass is 9.98. The molecule has 2 rings (SSSR count). The number of carboxylic acid groups (broad SMARTS) is 1. The fraction of sp³-hybridized carbons (Fsp3) is 0.435. The summed E-state index contributed by atoms with van der Waals surface area (Å²) < 4.78 is 5.81. The highest BCUT2D eigenvalue weighted by atomic mass is 16.4. The highest BCUT2D eigenvalue weighted by molar-refractivity contribution is 6.06. The molecule has 0 aliphatic rings. The molecule has 2 N–H and O–H groups in total. The Morgan fingerprint density at radius 1 is 1.07 bits per heavy atom. The van der Waals surface area contributed by atoms with Gasteiger partial charge in [0.15, 0.2) is 0 Å². The summed E-state index contributed by atoms with van der Waals surface area (Å²) in [4.78, 5) is 37.4. The van der Waals surface area contributed by atoms with Gasteiger partial charge in [-0.3, -0.25) is 9.59 Å². The van der Waals surface area contributed by atoms with Gasteiger partial charge in [-0.05, 0) is 56.4 Å². The van der Waals surface area contributed by atoms with E-state index in [9.17, 15) is 19.5 Å². The van der Waals surface area contributed by atoms with E-state index in [2.05, 4.69) is 5.32 Å². The molecule has 0 unspecified atom stereocenters. The van der Waals surface area contributed by atoms with Crippen LogP contribution in [0.25, 0.3) is 0 Å². The number of hydrogen-bond acceptors (Lipinski definition) is 4. The second-order valence-corrected chi connectivity index (χ2v) is 7.15. The summed E-state index contributed by atoms with van der Waals surface area (Å²) >= 11 is 0. The number of hydrogen-bond donors (Lipinski definition) is 2. The minimum absolute atomic E-state index is 0.0352. The first-order valence-electron chi connectivity index (χ1n) is 10.1. The molecular weight excluding hydrogens is 370 g/mol. The molecule has 0 radical (unpaired) electrons. The van der Waals surface area contributed by atoms with E-state index in [1.165, 1.54) is 0 Å². The molecule has 0 saturated carbocycles. The number of amides is 1. The normalized spacial score (nSPS) is 10.8. The Bertz CT molecular complexity index is 962. The maximum Gasteiger partial charge on any atom is 0.335 e. The summed E-state index contributed by atoms with van der Waals surface area (Å²) in [5, 5.41) is 12.2.